The Morgan fingerprint density at radius 1 is 0.152 bits per heavy atom. The van der Waals surface area contributed by atoms with E-state index in [1.54, 1.807) is 0 Å². The maximum absolute atomic E-state index is 2.35. The van der Waals surface area contributed by atoms with Crippen LogP contribution in [-0.4, -0.2) is 0 Å². The average Bonchev–Trinajstić information content (AvgIpc) is 1.33. The Morgan fingerprint density at radius 2 is 0.304 bits per heavy atom. The van der Waals surface area contributed by atoms with Crippen LogP contribution in [0.5, 0.6) is 0 Å². The van der Waals surface area contributed by atoms with Crippen molar-refractivity contribution >= 4 is 91.5 Å². The predicted octanol–water partition coefficient (Wildman–Crippen LogP) is 24.4. The third-order valence-corrected chi connectivity index (χ3v) is 16.6. The summed E-state index contributed by atoms with van der Waals surface area (Å²) in [4.78, 5) is 9.30. The first-order valence-electron chi connectivity index (χ1n) is 31.3. The van der Waals surface area contributed by atoms with Crippen LogP contribution in [0, 0.1) is 0 Å². The number of benzene rings is 14. The zero-order chi connectivity index (χ0) is 61.7. The van der Waals surface area contributed by atoms with Gasteiger partial charge >= 0.3 is 0 Å². The molecule has 0 aromatic heterocycles. The van der Waals surface area contributed by atoms with Gasteiger partial charge < -0.3 is 19.6 Å². The van der Waals surface area contributed by atoms with Gasteiger partial charge in [-0.1, -0.05) is 243 Å². The molecule has 0 N–H and O–H groups in total. The number of hydrogen-bond donors (Lipinski definition) is 0. The molecule has 438 valence electrons. The molecule has 14 rings (SSSR count). The van der Waals surface area contributed by atoms with Crippen LogP contribution in [0.2, 0.25) is 0 Å². The van der Waals surface area contributed by atoms with E-state index >= 15 is 0 Å². The molecule has 0 aliphatic heterocycles. The normalized spacial score (nSPS) is 10.8. The lowest BCUT2D eigenvalue weighted by molar-refractivity contribution is 1.25. The first kappa shape index (κ1) is 57.5. The van der Waals surface area contributed by atoms with Crippen molar-refractivity contribution < 1.29 is 0 Å². The van der Waals surface area contributed by atoms with Gasteiger partial charge in [0.1, 0.15) is 0 Å². The predicted molar refractivity (Wildman–Crippen MR) is 390 cm³/mol. The van der Waals surface area contributed by atoms with Gasteiger partial charge in [-0.25, -0.2) is 0 Å². The van der Waals surface area contributed by atoms with E-state index in [9.17, 15) is 0 Å². The molecule has 0 saturated carbocycles. The monoisotopic (exact) mass is 1180 g/mol. The maximum Gasteiger partial charge on any atom is 0.0463 e. The van der Waals surface area contributed by atoms with E-state index in [0.717, 1.165) is 90.5 Å². The van der Waals surface area contributed by atoms with Gasteiger partial charge in [0.05, 0.1) is 0 Å². The summed E-state index contributed by atoms with van der Waals surface area (Å²) in [6.07, 6.45) is 4.58. The van der Waals surface area contributed by atoms with E-state index in [-0.39, 0.29) is 0 Å². The van der Waals surface area contributed by atoms with E-state index in [1.165, 1.54) is 33.4 Å². The van der Waals surface area contributed by atoms with Gasteiger partial charge in [-0.15, -0.1) is 0 Å². The quantitative estimate of drug-likeness (QED) is 0.0748. The molecule has 0 aliphatic rings. The van der Waals surface area contributed by atoms with Crippen LogP contribution in [0.4, 0.5) is 68.2 Å². The molecule has 0 amide bonds. The largest absolute Gasteiger partial charge is 0.311 e. The van der Waals surface area contributed by atoms with Crippen molar-refractivity contribution in [1.82, 2.24) is 0 Å². The molecule has 0 heterocycles. The molecule has 14 aromatic rings. The summed E-state index contributed by atoms with van der Waals surface area (Å²) < 4.78 is 0. The zero-order valence-electron chi connectivity index (χ0n) is 50.9. The fourth-order valence-corrected chi connectivity index (χ4v) is 12.1. The SMILES string of the molecule is C(=C(c1ccccc1)c1ccccc1)c1ccc(N(c2ccc(-c3ccc(N(c4ccc(C=C(c5ccccc5)c5ccccc5)cc4)c4ccc(N(c5ccccc5)c5ccccc5)cc4)cc3)cc2)c2ccc(N(c3ccccc3)c3ccccc3)cc2)cc1. The van der Waals surface area contributed by atoms with E-state index < -0.39 is 0 Å². The topological polar surface area (TPSA) is 13.0 Å². The van der Waals surface area contributed by atoms with E-state index in [1.807, 2.05) is 0 Å². The van der Waals surface area contributed by atoms with Crippen molar-refractivity contribution in [2.45, 2.75) is 0 Å². The molecule has 0 aliphatic carbocycles. The van der Waals surface area contributed by atoms with Gasteiger partial charge in [0, 0.05) is 68.2 Å². The van der Waals surface area contributed by atoms with E-state index in [2.05, 4.69) is 420 Å². The highest BCUT2D eigenvalue weighted by Gasteiger charge is 2.20. The van der Waals surface area contributed by atoms with Crippen molar-refractivity contribution in [2.75, 3.05) is 19.6 Å². The molecule has 0 radical (unpaired) electrons. The molecule has 4 nitrogen and oxygen atoms in total. The summed E-state index contributed by atoms with van der Waals surface area (Å²) >= 11 is 0. The molecular formula is C88H66N4. The molecule has 0 atom stereocenters. The maximum atomic E-state index is 2.35. The van der Waals surface area contributed by atoms with Crippen LogP contribution in [0.1, 0.15) is 33.4 Å². The highest BCUT2D eigenvalue weighted by molar-refractivity contribution is 5.94. The zero-order valence-corrected chi connectivity index (χ0v) is 50.9. The number of anilines is 12. The fraction of sp³-hybridized carbons (Fsp3) is 0. The Morgan fingerprint density at radius 3 is 0.500 bits per heavy atom. The number of rotatable bonds is 19. The van der Waals surface area contributed by atoms with Gasteiger partial charge in [-0.3, -0.25) is 0 Å². The minimum Gasteiger partial charge on any atom is -0.311 e. The van der Waals surface area contributed by atoms with Gasteiger partial charge in [0.25, 0.3) is 0 Å². The molecule has 92 heavy (non-hydrogen) atoms. The summed E-state index contributed by atoms with van der Waals surface area (Å²) in [6, 6.07) is 138. The lowest BCUT2D eigenvalue weighted by Crippen LogP contribution is -2.12. The van der Waals surface area contributed by atoms with Crippen LogP contribution in [0.25, 0.3) is 34.4 Å². The molecule has 0 fully saturated rings. The summed E-state index contributed by atoms with van der Waals surface area (Å²) in [5.74, 6) is 0. The second-order valence-corrected chi connectivity index (χ2v) is 22.6. The lowest BCUT2D eigenvalue weighted by atomic mass is 9.95. The first-order valence-corrected chi connectivity index (χ1v) is 31.3. The van der Waals surface area contributed by atoms with Gasteiger partial charge in [0.2, 0.25) is 0 Å². The first-order chi connectivity index (χ1) is 45.6. The Labute approximate surface area is 540 Å². The Bertz CT molecular complexity index is 4210. The molecule has 0 unspecified atom stereocenters. The van der Waals surface area contributed by atoms with Crippen LogP contribution in [0.15, 0.2) is 388 Å². The van der Waals surface area contributed by atoms with E-state index in [4.69, 9.17) is 0 Å². The van der Waals surface area contributed by atoms with Crippen molar-refractivity contribution in [1.29, 1.82) is 0 Å². The summed E-state index contributed by atoms with van der Waals surface area (Å²) in [5, 5.41) is 0. The Kier molecular flexibility index (Phi) is 17.1. The average molecular weight is 1180 g/mol. The van der Waals surface area contributed by atoms with Crippen LogP contribution < -0.4 is 19.6 Å². The smallest absolute Gasteiger partial charge is 0.0463 e. The minimum atomic E-state index is 1.04. The highest BCUT2D eigenvalue weighted by Crippen LogP contribution is 2.43. The standard InChI is InChI=1S/C88H66N4/c1-9-25-71(26-10-1)87(72-27-11-2-12-28-72)65-67-41-49-79(50-42-67)91(85-61-57-83(58-62-85)89(75-33-17-5-18-34-75)76-35-19-6-20-36-76)81-53-45-69(46-54-81)70-47-55-82(56-48-70)92(86-63-59-84(60-64-86)90(77-37-21-7-22-38-77)78-39-23-8-24-40-78)80-51-43-68(44-52-80)66-88(73-29-13-3-14-30-73)74-31-15-4-16-32-74/h1-66H. The summed E-state index contributed by atoms with van der Waals surface area (Å²) in [5.41, 5.74) is 24.3. The second-order valence-electron chi connectivity index (χ2n) is 22.6. The lowest BCUT2D eigenvalue weighted by Gasteiger charge is -2.29. The highest BCUT2D eigenvalue weighted by atomic mass is 15.2. The number of nitrogens with zero attached hydrogens (tertiary/aromatic N) is 4. The molecule has 0 saturated heterocycles. The van der Waals surface area contributed by atoms with E-state index in [0.29, 0.717) is 0 Å². The van der Waals surface area contributed by atoms with Gasteiger partial charge in [0.15, 0.2) is 0 Å². The van der Waals surface area contributed by atoms with Crippen molar-refractivity contribution in [3.63, 3.8) is 0 Å². The third kappa shape index (κ3) is 13.0. The molecule has 0 bridgehead atoms. The Balaban J connectivity index is 0.807. The summed E-state index contributed by atoms with van der Waals surface area (Å²) in [6.45, 7) is 0. The second kappa shape index (κ2) is 27.4. The molecule has 4 heteroatoms. The number of hydrogen-bond acceptors (Lipinski definition) is 4. The van der Waals surface area contributed by atoms with Crippen LogP contribution >= 0.6 is 0 Å². The molecular weight excluding hydrogens is 1110 g/mol. The molecule has 0 spiro atoms. The Hall–Kier alpha value is -12.2. The number of para-hydroxylation sites is 4. The van der Waals surface area contributed by atoms with Crippen molar-refractivity contribution in [2.24, 2.45) is 0 Å². The minimum absolute atomic E-state index is 1.04. The van der Waals surface area contributed by atoms with Crippen LogP contribution in [-0.2, 0) is 0 Å². The van der Waals surface area contributed by atoms with Gasteiger partial charge in [-0.2, -0.15) is 0 Å². The summed E-state index contributed by atoms with van der Waals surface area (Å²) in [7, 11) is 0. The van der Waals surface area contributed by atoms with Crippen molar-refractivity contribution in [3.05, 3.63) is 422 Å². The molecule has 14 aromatic carbocycles. The third-order valence-electron chi connectivity index (χ3n) is 16.6. The fourth-order valence-electron chi connectivity index (χ4n) is 12.1. The van der Waals surface area contributed by atoms with Crippen molar-refractivity contribution in [3.8, 4) is 11.1 Å². The van der Waals surface area contributed by atoms with Crippen LogP contribution in [0.3, 0.4) is 0 Å². The van der Waals surface area contributed by atoms with Gasteiger partial charge in [-0.05, 0) is 213 Å².